The summed E-state index contributed by atoms with van der Waals surface area (Å²) in [6.45, 7) is 0.0404. The average Bonchev–Trinajstić information content (AvgIpc) is 2.99. The van der Waals surface area contributed by atoms with Gasteiger partial charge in [0.15, 0.2) is 0 Å². The lowest BCUT2D eigenvalue weighted by Crippen LogP contribution is -2.26. The normalized spacial score (nSPS) is 22.1. The topological polar surface area (TPSA) is 78.2 Å². The van der Waals surface area contributed by atoms with Crippen molar-refractivity contribution in [3.8, 4) is 6.07 Å². The van der Waals surface area contributed by atoms with Crippen molar-refractivity contribution in [3.05, 3.63) is 16.0 Å². The van der Waals surface area contributed by atoms with Crippen LogP contribution in [0.2, 0.25) is 0 Å². The summed E-state index contributed by atoms with van der Waals surface area (Å²) in [4.78, 5) is 14.6. The van der Waals surface area contributed by atoms with Crippen molar-refractivity contribution in [1.82, 2.24) is 0 Å². The van der Waals surface area contributed by atoms with Crippen molar-refractivity contribution in [1.29, 1.82) is 5.26 Å². The predicted octanol–water partition coefficient (Wildman–Crippen LogP) is 1.78. The highest BCUT2D eigenvalue weighted by atomic mass is 35.7. The van der Waals surface area contributed by atoms with Crippen LogP contribution in [0.25, 0.3) is 0 Å². The van der Waals surface area contributed by atoms with Gasteiger partial charge in [0.1, 0.15) is 16.3 Å². The predicted molar refractivity (Wildman–Crippen MR) is 76.6 cm³/mol. The maximum atomic E-state index is 12.0. The zero-order valence-electron chi connectivity index (χ0n) is 10.4. The van der Waals surface area contributed by atoms with Gasteiger partial charge in [0.25, 0.3) is 0 Å². The molecule has 1 atom stereocenters. The highest BCUT2D eigenvalue weighted by Gasteiger charge is 2.40. The van der Waals surface area contributed by atoms with Gasteiger partial charge in [-0.2, -0.15) is 5.26 Å². The van der Waals surface area contributed by atoms with Crippen LogP contribution in [-0.2, 0) is 26.7 Å². The molecule has 0 bridgehead atoms. The third kappa shape index (κ3) is 2.12. The van der Waals surface area contributed by atoms with E-state index in [9.17, 15) is 18.5 Å². The summed E-state index contributed by atoms with van der Waals surface area (Å²) in [5, 5.41) is 9.02. The number of nitriles is 1. The second kappa shape index (κ2) is 4.72. The van der Waals surface area contributed by atoms with Crippen molar-refractivity contribution in [3.63, 3.8) is 0 Å². The highest BCUT2D eigenvalue weighted by molar-refractivity contribution is 8.14. The van der Waals surface area contributed by atoms with Gasteiger partial charge in [0, 0.05) is 28.5 Å². The van der Waals surface area contributed by atoms with Crippen molar-refractivity contribution >= 4 is 42.0 Å². The summed E-state index contributed by atoms with van der Waals surface area (Å²) >= 11 is 1.43. The number of carbonyl (C=O) groups is 1. The lowest BCUT2D eigenvalue weighted by atomic mass is 10.1. The van der Waals surface area contributed by atoms with E-state index < -0.39 is 14.3 Å². The third-order valence-corrected chi connectivity index (χ3v) is 6.93. The monoisotopic (exact) mass is 330 g/mol. The molecule has 5 nitrogen and oxygen atoms in total. The Morgan fingerprint density at radius 2 is 2.15 bits per heavy atom. The summed E-state index contributed by atoms with van der Waals surface area (Å²) in [7, 11) is 1.58. The van der Waals surface area contributed by atoms with Gasteiger partial charge in [0.2, 0.25) is 15.0 Å². The number of thiophene rings is 1. The van der Waals surface area contributed by atoms with Crippen molar-refractivity contribution in [2.45, 2.75) is 30.9 Å². The van der Waals surface area contributed by atoms with Crippen LogP contribution < -0.4 is 4.90 Å². The van der Waals surface area contributed by atoms with Crippen molar-refractivity contribution in [2.75, 3.05) is 11.4 Å². The van der Waals surface area contributed by atoms with E-state index in [1.54, 1.807) is 0 Å². The molecule has 1 saturated heterocycles. The largest absolute Gasteiger partial charge is 0.301 e. The van der Waals surface area contributed by atoms with Crippen LogP contribution in [0.15, 0.2) is 0 Å². The zero-order valence-corrected chi connectivity index (χ0v) is 12.8. The smallest absolute Gasteiger partial charge is 0.237 e. The van der Waals surface area contributed by atoms with Crippen molar-refractivity contribution < 1.29 is 13.2 Å². The Bertz CT molecular complexity index is 733. The van der Waals surface area contributed by atoms with Gasteiger partial charge < -0.3 is 4.90 Å². The van der Waals surface area contributed by atoms with Gasteiger partial charge in [-0.15, -0.1) is 11.3 Å². The fourth-order valence-electron chi connectivity index (χ4n) is 2.75. The van der Waals surface area contributed by atoms with Gasteiger partial charge in [-0.3, -0.25) is 4.79 Å². The zero-order chi connectivity index (χ0) is 14.5. The first-order chi connectivity index (χ1) is 9.41. The van der Waals surface area contributed by atoms with E-state index in [0.717, 1.165) is 29.7 Å². The average molecular weight is 331 g/mol. The Morgan fingerprint density at radius 1 is 1.40 bits per heavy atom. The van der Waals surface area contributed by atoms with Crippen LogP contribution >= 0.6 is 22.0 Å². The molecule has 1 aromatic heterocycles. The molecule has 0 saturated carbocycles. The second-order valence-corrected chi connectivity index (χ2v) is 8.95. The SMILES string of the molecule is N#Cc1c(N2CC(S(=O)(=O)Cl)CC2=O)sc2c1CCC2. The van der Waals surface area contributed by atoms with E-state index in [0.29, 0.717) is 10.6 Å². The Labute approximate surface area is 125 Å². The number of halogens is 1. The first kappa shape index (κ1) is 13.9. The lowest BCUT2D eigenvalue weighted by Gasteiger charge is -2.14. The van der Waals surface area contributed by atoms with Gasteiger partial charge >= 0.3 is 0 Å². The number of nitrogens with zero attached hydrogens (tertiary/aromatic N) is 2. The molecule has 0 radical (unpaired) electrons. The molecule has 1 unspecified atom stereocenters. The number of fused-ring (bicyclic) bond motifs is 1. The Morgan fingerprint density at radius 3 is 2.75 bits per heavy atom. The number of anilines is 1. The molecule has 20 heavy (non-hydrogen) atoms. The van der Waals surface area contributed by atoms with E-state index in [1.807, 2.05) is 0 Å². The quantitative estimate of drug-likeness (QED) is 0.774. The standard InChI is InChI=1S/C12H11ClN2O3S2/c13-20(17,18)7-4-11(16)15(6-7)12-9(5-14)8-2-1-3-10(8)19-12/h7H,1-4,6H2. The van der Waals surface area contributed by atoms with Gasteiger partial charge in [-0.05, 0) is 24.8 Å². The van der Waals surface area contributed by atoms with Gasteiger partial charge in [0.05, 0.1) is 5.56 Å². The van der Waals surface area contributed by atoms with Gasteiger partial charge in [-0.25, -0.2) is 8.42 Å². The molecule has 2 heterocycles. The number of carbonyl (C=O) groups excluding carboxylic acids is 1. The van der Waals surface area contributed by atoms with E-state index in [2.05, 4.69) is 6.07 Å². The molecule has 3 rings (SSSR count). The molecular formula is C12H11ClN2O3S2. The molecule has 8 heteroatoms. The Hall–Kier alpha value is -1.10. The van der Waals surface area contributed by atoms with Crippen molar-refractivity contribution in [2.24, 2.45) is 0 Å². The van der Waals surface area contributed by atoms with Crippen LogP contribution in [-0.4, -0.2) is 26.1 Å². The number of hydrogen-bond acceptors (Lipinski definition) is 5. The second-order valence-electron chi connectivity index (χ2n) is 4.96. The number of hydrogen-bond donors (Lipinski definition) is 0. The molecular weight excluding hydrogens is 320 g/mol. The summed E-state index contributed by atoms with van der Waals surface area (Å²) in [5.74, 6) is -0.282. The van der Waals surface area contributed by atoms with E-state index in [-0.39, 0.29) is 18.9 Å². The molecule has 0 spiro atoms. The minimum absolute atomic E-state index is 0.0404. The van der Waals surface area contributed by atoms with E-state index >= 15 is 0 Å². The molecule has 1 amide bonds. The van der Waals surface area contributed by atoms with Crippen LogP contribution in [0.3, 0.4) is 0 Å². The van der Waals surface area contributed by atoms with E-state index in [1.165, 1.54) is 16.2 Å². The summed E-state index contributed by atoms with van der Waals surface area (Å²) in [6, 6.07) is 2.16. The maximum absolute atomic E-state index is 12.0. The minimum atomic E-state index is -3.76. The maximum Gasteiger partial charge on any atom is 0.237 e. The Balaban J connectivity index is 1.99. The van der Waals surface area contributed by atoms with Crippen LogP contribution in [0, 0.1) is 11.3 Å². The molecule has 2 aliphatic rings. The van der Waals surface area contributed by atoms with E-state index in [4.69, 9.17) is 10.7 Å². The lowest BCUT2D eigenvalue weighted by molar-refractivity contribution is -0.117. The number of amides is 1. The molecule has 1 aromatic rings. The van der Waals surface area contributed by atoms with Gasteiger partial charge in [-0.1, -0.05) is 0 Å². The molecule has 106 valence electrons. The highest BCUT2D eigenvalue weighted by Crippen LogP contribution is 2.42. The number of rotatable bonds is 2. The molecule has 0 N–H and O–H groups in total. The minimum Gasteiger partial charge on any atom is -0.301 e. The molecule has 1 aliphatic heterocycles. The summed E-state index contributed by atoms with van der Waals surface area (Å²) in [5.41, 5.74) is 1.56. The molecule has 1 fully saturated rings. The van der Waals surface area contributed by atoms with Crippen LogP contribution in [0.5, 0.6) is 0 Å². The fraction of sp³-hybridized carbons (Fsp3) is 0.500. The molecule has 1 aliphatic carbocycles. The van der Waals surface area contributed by atoms with Crippen LogP contribution in [0.4, 0.5) is 5.00 Å². The third-order valence-electron chi connectivity index (χ3n) is 3.75. The summed E-state index contributed by atoms with van der Waals surface area (Å²) in [6.07, 6.45) is 2.70. The fourth-order valence-corrected chi connectivity index (χ4v) is 5.15. The molecule has 0 aromatic carbocycles. The number of aryl methyl sites for hydroxylation is 1. The van der Waals surface area contributed by atoms with Crippen LogP contribution in [0.1, 0.15) is 28.8 Å². The Kier molecular flexibility index (Phi) is 3.27. The first-order valence-corrected chi connectivity index (χ1v) is 9.39. The summed E-state index contributed by atoms with van der Waals surface area (Å²) < 4.78 is 22.7. The first-order valence-electron chi connectivity index (χ1n) is 6.20.